The van der Waals surface area contributed by atoms with E-state index in [9.17, 15) is 14.0 Å². The fourth-order valence-corrected chi connectivity index (χ4v) is 4.20. The highest BCUT2D eigenvalue weighted by Gasteiger charge is 2.30. The van der Waals surface area contributed by atoms with Crippen molar-refractivity contribution in [2.45, 2.75) is 71.0 Å². The molecule has 2 aromatic carbocycles. The predicted octanol–water partition coefficient (Wildman–Crippen LogP) is 4.54. The first-order valence-corrected chi connectivity index (χ1v) is 10.9. The Labute approximate surface area is 178 Å². The lowest BCUT2D eigenvalue weighted by atomic mass is 10.0. The second-order valence-corrected chi connectivity index (χ2v) is 8.19. The van der Waals surface area contributed by atoms with E-state index in [2.05, 4.69) is 5.32 Å². The van der Waals surface area contributed by atoms with E-state index < -0.39 is 11.9 Å². The molecule has 2 amide bonds. The molecule has 0 saturated heterocycles. The Balaban J connectivity index is 1.83. The molecule has 1 unspecified atom stereocenters. The summed E-state index contributed by atoms with van der Waals surface area (Å²) in [6.07, 6.45) is 4.67. The number of hydrogen-bond donors (Lipinski definition) is 1. The van der Waals surface area contributed by atoms with E-state index in [-0.39, 0.29) is 24.3 Å². The molecular weight excluding hydrogens is 379 g/mol. The lowest BCUT2D eigenvalue weighted by molar-refractivity contribution is -0.141. The summed E-state index contributed by atoms with van der Waals surface area (Å²) in [5.41, 5.74) is 2.41. The number of halogens is 1. The van der Waals surface area contributed by atoms with Crippen LogP contribution in [-0.2, 0) is 22.6 Å². The Bertz CT molecular complexity index is 877. The molecule has 1 saturated carbocycles. The van der Waals surface area contributed by atoms with Crippen LogP contribution in [0.25, 0.3) is 0 Å². The number of benzene rings is 2. The van der Waals surface area contributed by atoms with Crippen molar-refractivity contribution >= 4 is 11.8 Å². The van der Waals surface area contributed by atoms with Crippen LogP contribution >= 0.6 is 0 Å². The van der Waals surface area contributed by atoms with E-state index in [1.165, 1.54) is 6.07 Å². The van der Waals surface area contributed by atoms with Gasteiger partial charge >= 0.3 is 0 Å². The zero-order valence-electron chi connectivity index (χ0n) is 17.9. The van der Waals surface area contributed by atoms with Gasteiger partial charge in [0.15, 0.2) is 0 Å². The zero-order chi connectivity index (χ0) is 21.5. The van der Waals surface area contributed by atoms with Crippen LogP contribution in [0.2, 0.25) is 0 Å². The minimum absolute atomic E-state index is 0.0638. The van der Waals surface area contributed by atoms with Gasteiger partial charge in [0.05, 0.1) is 6.42 Å². The second-order valence-electron chi connectivity index (χ2n) is 8.19. The van der Waals surface area contributed by atoms with Crippen LogP contribution in [-0.4, -0.2) is 28.8 Å². The van der Waals surface area contributed by atoms with Gasteiger partial charge in [-0.1, -0.05) is 67.8 Å². The minimum atomic E-state index is -0.578. The van der Waals surface area contributed by atoms with Gasteiger partial charge in [-0.3, -0.25) is 9.59 Å². The quantitative estimate of drug-likeness (QED) is 0.694. The summed E-state index contributed by atoms with van der Waals surface area (Å²) in [5, 5.41) is 3.13. The average molecular weight is 411 g/mol. The Hall–Kier alpha value is -2.69. The van der Waals surface area contributed by atoms with Crippen molar-refractivity contribution in [1.29, 1.82) is 0 Å². The highest BCUT2D eigenvalue weighted by molar-refractivity contribution is 5.88. The second kappa shape index (κ2) is 10.4. The molecule has 160 valence electrons. The van der Waals surface area contributed by atoms with Crippen LogP contribution in [0.15, 0.2) is 48.5 Å². The van der Waals surface area contributed by atoms with Gasteiger partial charge < -0.3 is 10.2 Å². The molecule has 1 atom stereocenters. The van der Waals surface area contributed by atoms with Gasteiger partial charge in [-0.05, 0) is 43.4 Å². The summed E-state index contributed by atoms with van der Waals surface area (Å²) < 4.78 is 14.2. The molecule has 0 aromatic heterocycles. The topological polar surface area (TPSA) is 49.4 Å². The van der Waals surface area contributed by atoms with Gasteiger partial charge in [0.1, 0.15) is 11.9 Å². The Morgan fingerprint density at radius 1 is 1.13 bits per heavy atom. The molecule has 1 aliphatic carbocycles. The average Bonchev–Trinajstić information content (AvgIpc) is 3.22. The SMILES string of the molecule is CCC(C(=O)NC1CCCC1)N(Cc1cccc(C)c1)C(=O)Cc1ccccc1F. The van der Waals surface area contributed by atoms with Crippen LogP contribution in [0.4, 0.5) is 4.39 Å². The number of nitrogens with zero attached hydrogens (tertiary/aromatic N) is 1. The van der Waals surface area contributed by atoms with E-state index in [0.717, 1.165) is 36.8 Å². The van der Waals surface area contributed by atoms with Gasteiger partial charge in [-0.15, -0.1) is 0 Å². The first-order valence-electron chi connectivity index (χ1n) is 10.9. The zero-order valence-corrected chi connectivity index (χ0v) is 17.9. The number of carbonyl (C=O) groups excluding carboxylic acids is 2. The van der Waals surface area contributed by atoms with E-state index in [0.29, 0.717) is 18.5 Å². The normalized spacial score (nSPS) is 15.0. The molecule has 3 rings (SSSR count). The van der Waals surface area contributed by atoms with Crippen LogP contribution in [0.3, 0.4) is 0 Å². The molecule has 0 radical (unpaired) electrons. The third kappa shape index (κ3) is 5.68. The first kappa shape index (κ1) is 22.0. The summed E-state index contributed by atoms with van der Waals surface area (Å²) in [6.45, 7) is 4.24. The van der Waals surface area contributed by atoms with Crippen molar-refractivity contribution < 1.29 is 14.0 Å². The van der Waals surface area contributed by atoms with Gasteiger partial charge in [-0.25, -0.2) is 4.39 Å². The lowest BCUT2D eigenvalue weighted by Crippen LogP contribution is -2.51. The van der Waals surface area contributed by atoms with Crippen molar-refractivity contribution in [3.8, 4) is 0 Å². The third-order valence-corrected chi connectivity index (χ3v) is 5.82. The summed E-state index contributed by atoms with van der Waals surface area (Å²) in [6, 6.07) is 13.8. The number of carbonyl (C=O) groups is 2. The molecule has 2 aromatic rings. The largest absolute Gasteiger partial charge is 0.352 e. The molecule has 1 aliphatic rings. The van der Waals surface area contributed by atoms with Crippen molar-refractivity contribution in [3.05, 3.63) is 71.0 Å². The molecule has 30 heavy (non-hydrogen) atoms. The predicted molar refractivity (Wildman–Crippen MR) is 116 cm³/mol. The van der Waals surface area contributed by atoms with Crippen LogP contribution in [0, 0.1) is 12.7 Å². The van der Waals surface area contributed by atoms with Crippen molar-refractivity contribution in [1.82, 2.24) is 10.2 Å². The summed E-state index contributed by atoms with van der Waals surface area (Å²) >= 11 is 0. The molecule has 0 bridgehead atoms. The highest BCUT2D eigenvalue weighted by atomic mass is 19.1. The van der Waals surface area contributed by atoms with Gasteiger partial charge in [-0.2, -0.15) is 0 Å². The number of aryl methyl sites for hydroxylation is 1. The molecule has 1 fully saturated rings. The number of hydrogen-bond acceptors (Lipinski definition) is 2. The molecule has 1 N–H and O–H groups in total. The molecule has 0 spiro atoms. The van der Waals surface area contributed by atoms with E-state index in [4.69, 9.17) is 0 Å². The van der Waals surface area contributed by atoms with Crippen molar-refractivity contribution in [2.24, 2.45) is 0 Å². The van der Waals surface area contributed by atoms with Gasteiger partial charge in [0.2, 0.25) is 11.8 Å². The fourth-order valence-electron chi connectivity index (χ4n) is 4.20. The summed E-state index contributed by atoms with van der Waals surface area (Å²) in [7, 11) is 0. The number of nitrogens with one attached hydrogen (secondary N) is 1. The van der Waals surface area contributed by atoms with E-state index in [1.807, 2.05) is 38.1 Å². The van der Waals surface area contributed by atoms with Gasteiger partial charge in [0, 0.05) is 12.6 Å². The summed E-state index contributed by atoms with van der Waals surface area (Å²) in [4.78, 5) is 28.0. The smallest absolute Gasteiger partial charge is 0.243 e. The fraction of sp³-hybridized carbons (Fsp3) is 0.440. The molecule has 4 nitrogen and oxygen atoms in total. The Morgan fingerprint density at radius 2 is 1.87 bits per heavy atom. The number of rotatable bonds is 8. The molecule has 0 heterocycles. The van der Waals surface area contributed by atoms with Gasteiger partial charge in [0.25, 0.3) is 0 Å². The Morgan fingerprint density at radius 3 is 2.53 bits per heavy atom. The molecule has 0 aliphatic heterocycles. The maximum absolute atomic E-state index is 14.2. The molecule has 5 heteroatoms. The summed E-state index contributed by atoms with van der Waals surface area (Å²) in [5.74, 6) is -0.751. The van der Waals surface area contributed by atoms with E-state index >= 15 is 0 Å². The number of amides is 2. The van der Waals surface area contributed by atoms with Crippen LogP contribution in [0.1, 0.15) is 55.7 Å². The lowest BCUT2D eigenvalue weighted by Gasteiger charge is -2.31. The van der Waals surface area contributed by atoms with Crippen molar-refractivity contribution in [3.63, 3.8) is 0 Å². The van der Waals surface area contributed by atoms with Crippen LogP contribution < -0.4 is 5.32 Å². The molecular formula is C25H31FN2O2. The maximum atomic E-state index is 14.2. The van der Waals surface area contributed by atoms with Crippen LogP contribution in [0.5, 0.6) is 0 Å². The van der Waals surface area contributed by atoms with Crippen molar-refractivity contribution in [2.75, 3.05) is 0 Å². The van der Waals surface area contributed by atoms with E-state index in [1.54, 1.807) is 23.1 Å². The Kier molecular flexibility index (Phi) is 7.61. The maximum Gasteiger partial charge on any atom is 0.243 e. The first-order chi connectivity index (χ1) is 14.5. The monoisotopic (exact) mass is 410 g/mol. The minimum Gasteiger partial charge on any atom is -0.352 e. The third-order valence-electron chi connectivity index (χ3n) is 5.82. The highest BCUT2D eigenvalue weighted by Crippen LogP contribution is 2.20. The standard InChI is InChI=1S/C25H31FN2O2/c1-3-23(25(30)27-21-12-5-6-13-21)28(17-19-10-8-9-18(2)15-19)24(29)16-20-11-4-7-14-22(20)26/h4,7-11,14-15,21,23H,3,5-6,12-13,16-17H2,1-2H3,(H,27,30).